The van der Waals surface area contributed by atoms with Gasteiger partial charge >= 0.3 is 6.09 Å². The first-order valence-corrected chi connectivity index (χ1v) is 10.3. The number of carbonyl (C=O) groups is 2. The van der Waals surface area contributed by atoms with Gasteiger partial charge in [0.05, 0.1) is 0 Å². The lowest BCUT2D eigenvalue weighted by Crippen LogP contribution is -2.26. The predicted molar refractivity (Wildman–Crippen MR) is 122 cm³/mol. The molecule has 0 spiro atoms. The Kier molecular flexibility index (Phi) is 6.13. The number of ether oxygens (including phenoxy) is 1. The van der Waals surface area contributed by atoms with E-state index in [1.807, 2.05) is 48.6 Å². The SMILES string of the molecule is NC(=O)c1ccc(C=CCCNC(=O)OCC2c3ccccc3-c3ccccc32)cc1. The Bertz CT molecular complexity index is 1070. The van der Waals surface area contributed by atoms with Crippen LogP contribution in [-0.4, -0.2) is 25.2 Å². The van der Waals surface area contributed by atoms with Gasteiger partial charge in [-0.25, -0.2) is 4.79 Å². The van der Waals surface area contributed by atoms with Crippen molar-refractivity contribution in [3.8, 4) is 11.1 Å². The maximum Gasteiger partial charge on any atom is 0.407 e. The molecule has 0 aliphatic heterocycles. The number of carbonyl (C=O) groups excluding carboxylic acids is 2. The Labute approximate surface area is 181 Å². The van der Waals surface area contributed by atoms with E-state index in [4.69, 9.17) is 10.5 Å². The summed E-state index contributed by atoms with van der Waals surface area (Å²) in [6, 6.07) is 23.6. The van der Waals surface area contributed by atoms with Crippen molar-refractivity contribution in [2.24, 2.45) is 5.73 Å². The highest BCUT2D eigenvalue weighted by Gasteiger charge is 2.28. The van der Waals surface area contributed by atoms with Crippen LogP contribution >= 0.6 is 0 Å². The lowest BCUT2D eigenvalue weighted by atomic mass is 9.98. The van der Waals surface area contributed by atoms with E-state index in [0.29, 0.717) is 25.1 Å². The molecule has 3 aromatic carbocycles. The van der Waals surface area contributed by atoms with Crippen molar-refractivity contribution in [1.29, 1.82) is 0 Å². The number of rotatable bonds is 7. The second kappa shape index (κ2) is 9.30. The Morgan fingerprint density at radius 1 is 0.903 bits per heavy atom. The highest BCUT2D eigenvalue weighted by molar-refractivity contribution is 5.92. The molecule has 5 heteroatoms. The van der Waals surface area contributed by atoms with Crippen LogP contribution in [0.5, 0.6) is 0 Å². The predicted octanol–water partition coefficient (Wildman–Crippen LogP) is 4.73. The number of fused-ring (bicyclic) bond motifs is 3. The summed E-state index contributed by atoms with van der Waals surface area (Å²) >= 11 is 0. The zero-order valence-electron chi connectivity index (χ0n) is 17.1. The average Bonchev–Trinajstić information content (AvgIpc) is 3.11. The van der Waals surface area contributed by atoms with Crippen LogP contribution < -0.4 is 11.1 Å². The van der Waals surface area contributed by atoms with Crippen molar-refractivity contribution in [3.63, 3.8) is 0 Å². The lowest BCUT2D eigenvalue weighted by molar-refractivity contribution is 0.1000. The molecule has 2 amide bonds. The van der Waals surface area contributed by atoms with Crippen LogP contribution in [0, 0.1) is 0 Å². The van der Waals surface area contributed by atoms with Crippen molar-refractivity contribution < 1.29 is 14.3 Å². The Morgan fingerprint density at radius 3 is 2.13 bits per heavy atom. The number of hydrogen-bond donors (Lipinski definition) is 2. The molecule has 0 bridgehead atoms. The minimum absolute atomic E-state index is 0.0569. The van der Waals surface area contributed by atoms with E-state index in [1.54, 1.807) is 12.1 Å². The Hall–Kier alpha value is -3.86. The molecule has 31 heavy (non-hydrogen) atoms. The van der Waals surface area contributed by atoms with Crippen molar-refractivity contribution >= 4 is 18.1 Å². The topological polar surface area (TPSA) is 81.4 Å². The summed E-state index contributed by atoms with van der Waals surface area (Å²) < 4.78 is 5.52. The first-order chi connectivity index (χ1) is 15.1. The van der Waals surface area contributed by atoms with Gasteiger partial charge in [-0.05, 0) is 46.4 Å². The molecule has 156 valence electrons. The minimum Gasteiger partial charge on any atom is -0.449 e. The van der Waals surface area contributed by atoms with Crippen LogP contribution in [0.4, 0.5) is 4.79 Å². The first-order valence-electron chi connectivity index (χ1n) is 10.3. The van der Waals surface area contributed by atoms with Gasteiger partial charge in [0.2, 0.25) is 5.91 Å². The molecule has 0 aromatic heterocycles. The zero-order chi connectivity index (χ0) is 21.6. The van der Waals surface area contributed by atoms with E-state index >= 15 is 0 Å². The van der Waals surface area contributed by atoms with Gasteiger partial charge in [0, 0.05) is 18.0 Å². The summed E-state index contributed by atoms with van der Waals surface area (Å²) in [4.78, 5) is 23.2. The van der Waals surface area contributed by atoms with Gasteiger partial charge in [0.25, 0.3) is 0 Å². The summed E-state index contributed by atoms with van der Waals surface area (Å²) in [5.74, 6) is -0.385. The number of nitrogens with two attached hydrogens (primary N) is 1. The fourth-order valence-corrected chi connectivity index (χ4v) is 3.88. The van der Waals surface area contributed by atoms with Crippen LogP contribution in [0.2, 0.25) is 0 Å². The van der Waals surface area contributed by atoms with E-state index in [2.05, 4.69) is 29.6 Å². The number of nitrogens with one attached hydrogen (secondary N) is 1. The van der Waals surface area contributed by atoms with Crippen molar-refractivity contribution in [2.75, 3.05) is 13.2 Å². The monoisotopic (exact) mass is 412 g/mol. The normalized spacial score (nSPS) is 12.4. The number of amides is 2. The van der Waals surface area contributed by atoms with E-state index in [0.717, 1.165) is 5.56 Å². The number of hydrogen-bond acceptors (Lipinski definition) is 3. The molecule has 0 saturated carbocycles. The van der Waals surface area contributed by atoms with Gasteiger partial charge in [0.1, 0.15) is 6.61 Å². The summed E-state index contributed by atoms with van der Waals surface area (Å²) in [5.41, 5.74) is 11.5. The van der Waals surface area contributed by atoms with Gasteiger partial charge in [-0.1, -0.05) is 72.8 Å². The summed E-state index contributed by atoms with van der Waals surface area (Å²) in [7, 11) is 0. The van der Waals surface area contributed by atoms with E-state index in [9.17, 15) is 9.59 Å². The first kappa shape index (κ1) is 20.4. The van der Waals surface area contributed by atoms with Crippen LogP contribution in [-0.2, 0) is 4.74 Å². The number of primary amides is 1. The molecule has 3 N–H and O–H groups in total. The molecule has 0 atom stereocenters. The third kappa shape index (κ3) is 4.67. The van der Waals surface area contributed by atoms with Gasteiger partial charge in [-0.2, -0.15) is 0 Å². The fraction of sp³-hybridized carbons (Fsp3) is 0.154. The molecule has 3 aromatic rings. The van der Waals surface area contributed by atoms with E-state index in [1.165, 1.54) is 22.3 Å². The van der Waals surface area contributed by atoms with E-state index in [-0.39, 0.29) is 5.92 Å². The molecule has 0 radical (unpaired) electrons. The van der Waals surface area contributed by atoms with Crippen molar-refractivity contribution in [1.82, 2.24) is 5.32 Å². The average molecular weight is 412 g/mol. The minimum atomic E-state index is -0.442. The number of benzene rings is 3. The van der Waals surface area contributed by atoms with Crippen LogP contribution in [0.3, 0.4) is 0 Å². The second-order valence-corrected chi connectivity index (χ2v) is 7.43. The molecule has 5 nitrogen and oxygen atoms in total. The molecule has 1 aliphatic rings. The summed E-state index contributed by atoms with van der Waals surface area (Å²) in [6.07, 6.45) is 4.15. The van der Waals surface area contributed by atoms with E-state index < -0.39 is 12.0 Å². The van der Waals surface area contributed by atoms with Gasteiger partial charge in [0.15, 0.2) is 0 Å². The van der Waals surface area contributed by atoms with Crippen molar-refractivity contribution in [3.05, 3.63) is 101 Å². The summed E-state index contributed by atoms with van der Waals surface area (Å²) in [6.45, 7) is 0.786. The lowest BCUT2D eigenvalue weighted by Gasteiger charge is -2.14. The largest absolute Gasteiger partial charge is 0.449 e. The van der Waals surface area contributed by atoms with Gasteiger partial charge in [-0.3, -0.25) is 4.79 Å². The third-order valence-electron chi connectivity index (χ3n) is 5.43. The standard InChI is InChI=1S/C26H24N2O3/c27-25(29)19-14-12-18(13-15-19)7-5-6-16-28-26(30)31-17-24-22-10-3-1-8-20(22)21-9-2-4-11-23(21)24/h1-5,7-15,24H,6,16-17H2,(H2,27,29)(H,28,30). The molecular formula is C26H24N2O3. The molecule has 4 rings (SSSR count). The Balaban J connectivity index is 1.25. The second-order valence-electron chi connectivity index (χ2n) is 7.43. The quantitative estimate of drug-likeness (QED) is 0.551. The molecule has 1 aliphatic carbocycles. The maximum absolute atomic E-state index is 12.2. The van der Waals surface area contributed by atoms with Crippen LogP contribution in [0.1, 0.15) is 39.4 Å². The fourth-order valence-electron chi connectivity index (χ4n) is 3.88. The molecule has 0 heterocycles. The highest BCUT2D eigenvalue weighted by Crippen LogP contribution is 2.44. The summed E-state index contributed by atoms with van der Waals surface area (Å²) in [5, 5.41) is 2.79. The Morgan fingerprint density at radius 2 is 1.52 bits per heavy atom. The van der Waals surface area contributed by atoms with Gasteiger partial charge < -0.3 is 15.8 Å². The van der Waals surface area contributed by atoms with Crippen molar-refractivity contribution in [2.45, 2.75) is 12.3 Å². The molecule has 0 saturated heterocycles. The molecular weight excluding hydrogens is 388 g/mol. The van der Waals surface area contributed by atoms with Crippen LogP contribution in [0.25, 0.3) is 17.2 Å². The maximum atomic E-state index is 12.2. The van der Waals surface area contributed by atoms with Crippen LogP contribution in [0.15, 0.2) is 78.9 Å². The molecule has 0 unspecified atom stereocenters. The van der Waals surface area contributed by atoms with Gasteiger partial charge in [-0.15, -0.1) is 0 Å². The molecule has 0 fully saturated rings. The smallest absolute Gasteiger partial charge is 0.407 e. The highest BCUT2D eigenvalue weighted by atomic mass is 16.5. The number of alkyl carbamates (subject to hydrolysis) is 1. The zero-order valence-corrected chi connectivity index (χ0v) is 17.1. The third-order valence-corrected chi connectivity index (χ3v) is 5.43.